The molecule has 8 nitrogen and oxygen atoms in total. The molecule has 2 fully saturated rings. The van der Waals surface area contributed by atoms with Gasteiger partial charge in [-0.2, -0.15) is 10.1 Å². The highest BCUT2D eigenvalue weighted by atomic mass is 16.5. The molecule has 2 aliphatic heterocycles. The molecule has 4 rings (SSSR count). The van der Waals surface area contributed by atoms with Crippen molar-refractivity contribution in [3.63, 3.8) is 0 Å². The molecule has 0 aliphatic carbocycles. The molecule has 0 aromatic carbocycles. The number of β-amino-alcohol motifs (C(OH)–C–C–N with tert-alkyl or cyclic N) is 1. The van der Waals surface area contributed by atoms with Crippen molar-refractivity contribution in [3.8, 4) is 0 Å². The molecule has 0 radical (unpaired) electrons. The Balaban J connectivity index is 1.47. The number of aryl methyl sites for hydroxylation is 2. The molecule has 2 aromatic rings. The highest BCUT2D eigenvalue weighted by Gasteiger charge is 2.28. The van der Waals surface area contributed by atoms with Crippen molar-refractivity contribution in [2.24, 2.45) is 0 Å². The van der Waals surface area contributed by atoms with E-state index in [2.05, 4.69) is 28.4 Å². The van der Waals surface area contributed by atoms with Gasteiger partial charge in [0, 0.05) is 43.9 Å². The highest BCUT2D eigenvalue weighted by Crippen LogP contribution is 2.28. The Bertz CT molecular complexity index is 765. The zero-order chi connectivity index (χ0) is 18.1. The third kappa shape index (κ3) is 3.66. The highest BCUT2D eigenvalue weighted by molar-refractivity contribution is 5.46. The number of aromatic nitrogens is 4. The van der Waals surface area contributed by atoms with Crippen LogP contribution in [0.15, 0.2) is 12.1 Å². The average molecular weight is 358 g/mol. The Morgan fingerprint density at radius 2 is 2.12 bits per heavy atom. The predicted molar refractivity (Wildman–Crippen MR) is 98.6 cm³/mol. The van der Waals surface area contributed by atoms with Crippen LogP contribution in [0.3, 0.4) is 0 Å². The zero-order valence-electron chi connectivity index (χ0n) is 15.4. The maximum absolute atomic E-state index is 9.58. The van der Waals surface area contributed by atoms with Gasteiger partial charge >= 0.3 is 0 Å². The van der Waals surface area contributed by atoms with Gasteiger partial charge < -0.3 is 20.1 Å². The summed E-state index contributed by atoms with van der Waals surface area (Å²) in [6.07, 6.45) is 0.712. The first kappa shape index (κ1) is 17.2. The van der Waals surface area contributed by atoms with Gasteiger partial charge in [-0.1, -0.05) is 0 Å². The van der Waals surface area contributed by atoms with Crippen molar-refractivity contribution < 1.29 is 9.84 Å². The van der Waals surface area contributed by atoms with Crippen LogP contribution in [0.4, 0.5) is 11.8 Å². The molecular weight excluding hydrogens is 332 g/mol. The van der Waals surface area contributed by atoms with E-state index >= 15 is 0 Å². The van der Waals surface area contributed by atoms with Crippen LogP contribution in [0.25, 0.3) is 0 Å². The summed E-state index contributed by atoms with van der Waals surface area (Å²) in [6.45, 7) is 8.27. The lowest BCUT2D eigenvalue weighted by atomic mass is 10.0. The second kappa shape index (κ2) is 7.20. The van der Waals surface area contributed by atoms with Crippen molar-refractivity contribution in [3.05, 3.63) is 29.2 Å². The van der Waals surface area contributed by atoms with E-state index in [0.717, 1.165) is 49.0 Å². The number of anilines is 2. The third-order valence-corrected chi connectivity index (χ3v) is 4.96. The quantitative estimate of drug-likeness (QED) is 0.799. The second-order valence-corrected chi connectivity index (χ2v) is 7.17. The van der Waals surface area contributed by atoms with E-state index in [4.69, 9.17) is 9.72 Å². The van der Waals surface area contributed by atoms with Gasteiger partial charge in [-0.3, -0.25) is 4.68 Å². The smallest absolute Gasteiger partial charge is 0.227 e. The SMILES string of the molecule is Cc1cc(C)n(CCNc2cc([C@H]3CCOC3)nc(N3CC(O)C3)n2)n1. The first-order chi connectivity index (χ1) is 12.6. The topological polar surface area (TPSA) is 88.3 Å². The number of aliphatic hydroxyl groups excluding tert-OH is 1. The monoisotopic (exact) mass is 358 g/mol. The van der Waals surface area contributed by atoms with E-state index in [0.29, 0.717) is 31.6 Å². The minimum Gasteiger partial charge on any atom is -0.389 e. The van der Waals surface area contributed by atoms with E-state index in [1.807, 2.05) is 22.6 Å². The number of hydrogen-bond donors (Lipinski definition) is 2. The van der Waals surface area contributed by atoms with Gasteiger partial charge in [0.1, 0.15) is 5.82 Å². The molecule has 140 valence electrons. The van der Waals surface area contributed by atoms with E-state index in [1.165, 1.54) is 0 Å². The molecule has 8 heteroatoms. The van der Waals surface area contributed by atoms with Crippen molar-refractivity contribution in [2.45, 2.75) is 38.8 Å². The van der Waals surface area contributed by atoms with Gasteiger partial charge in [0.2, 0.25) is 5.95 Å². The lowest BCUT2D eigenvalue weighted by molar-refractivity contribution is 0.140. The van der Waals surface area contributed by atoms with Gasteiger partial charge in [0.15, 0.2) is 0 Å². The van der Waals surface area contributed by atoms with Crippen molar-refractivity contribution in [1.82, 2.24) is 19.7 Å². The summed E-state index contributed by atoms with van der Waals surface area (Å²) in [4.78, 5) is 11.4. The van der Waals surface area contributed by atoms with Gasteiger partial charge in [0.25, 0.3) is 0 Å². The molecule has 26 heavy (non-hydrogen) atoms. The summed E-state index contributed by atoms with van der Waals surface area (Å²) in [5.74, 6) is 1.83. The fourth-order valence-electron chi connectivity index (χ4n) is 3.47. The van der Waals surface area contributed by atoms with E-state index in [1.54, 1.807) is 0 Å². The molecule has 0 spiro atoms. The number of nitrogens with zero attached hydrogens (tertiary/aromatic N) is 5. The van der Waals surface area contributed by atoms with Gasteiger partial charge in [-0.25, -0.2) is 4.98 Å². The van der Waals surface area contributed by atoms with E-state index in [9.17, 15) is 5.11 Å². The number of hydrogen-bond acceptors (Lipinski definition) is 7. The summed E-state index contributed by atoms with van der Waals surface area (Å²) >= 11 is 0. The summed E-state index contributed by atoms with van der Waals surface area (Å²) in [7, 11) is 0. The van der Waals surface area contributed by atoms with E-state index in [-0.39, 0.29) is 6.10 Å². The van der Waals surface area contributed by atoms with Crippen LogP contribution in [0.1, 0.15) is 29.4 Å². The fraction of sp³-hybridized carbons (Fsp3) is 0.611. The summed E-state index contributed by atoms with van der Waals surface area (Å²) in [6, 6.07) is 4.11. The molecule has 4 heterocycles. The molecule has 2 saturated heterocycles. The zero-order valence-corrected chi connectivity index (χ0v) is 15.4. The molecule has 0 saturated carbocycles. The van der Waals surface area contributed by atoms with Gasteiger partial charge in [-0.15, -0.1) is 0 Å². The van der Waals surface area contributed by atoms with Crippen LogP contribution in [0, 0.1) is 13.8 Å². The minimum absolute atomic E-state index is 0.278. The number of ether oxygens (including phenoxy) is 1. The molecule has 0 bridgehead atoms. The first-order valence-electron chi connectivity index (χ1n) is 9.23. The van der Waals surface area contributed by atoms with Crippen LogP contribution >= 0.6 is 0 Å². The van der Waals surface area contributed by atoms with Crippen molar-refractivity contribution in [1.29, 1.82) is 0 Å². The van der Waals surface area contributed by atoms with Crippen LogP contribution in [0.2, 0.25) is 0 Å². The molecular formula is C18H26N6O2. The number of nitrogens with one attached hydrogen (secondary N) is 1. The molecule has 0 unspecified atom stereocenters. The number of rotatable bonds is 6. The summed E-state index contributed by atoms with van der Waals surface area (Å²) in [5, 5.41) is 17.5. The number of aliphatic hydroxyl groups is 1. The van der Waals surface area contributed by atoms with E-state index < -0.39 is 0 Å². The third-order valence-electron chi connectivity index (χ3n) is 4.96. The maximum atomic E-state index is 9.58. The molecule has 2 aliphatic rings. The summed E-state index contributed by atoms with van der Waals surface area (Å²) < 4.78 is 7.52. The van der Waals surface area contributed by atoms with Gasteiger partial charge in [0.05, 0.1) is 30.6 Å². The normalized spacial score (nSPS) is 20.4. The average Bonchev–Trinajstić information content (AvgIpc) is 3.22. The first-order valence-corrected chi connectivity index (χ1v) is 9.23. The molecule has 2 N–H and O–H groups in total. The van der Waals surface area contributed by atoms with Gasteiger partial charge in [-0.05, 0) is 26.3 Å². The Kier molecular flexibility index (Phi) is 4.78. The predicted octanol–water partition coefficient (Wildman–Crippen LogP) is 1.09. The Morgan fingerprint density at radius 3 is 2.77 bits per heavy atom. The largest absolute Gasteiger partial charge is 0.389 e. The summed E-state index contributed by atoms with van der Waals surface area (Å²) in [5.41, 5.74) is 3.21. The minimum atomic E-state index is -0.278. The molecule has 0 amide bonds. The molecule has 2 aromatic heterocycles. The maximum Gasteiger partial charge on any atom is 0.227 e. The second-order valence-electron chi connectivity index (χ2n) is 7.17. The van der Waals surface area contributed by atoms with Crippen molar-refractivity contribution >= 4 is 11.8 Å². The van der Waals surface area contributed by atoms with Crippen LogP contribution in [0.5, 0.6) is 0 Å². The molecule has 1 atom stereocenters. The standard InChI is InChI=1S/C18H26N6O2/c1-12-7-13(2)24(22-12)5-4-19-17-8-16(14-3-6-26-11-14)20-18(21-17)23-9-15(25)10-23/h7-8,14-15,25H,3-6,9-11H2,1-2H3,(H,19,20,21)/t14-/m0/s1. The van der Waals surface area contributed by atoms with Crippen LogP contribution in [-0.4, -0.2) is 63.8 Å². The van der Waals surface area contributed by atoms with Crippen LogP contribution in [-0.2, 0) is 11.3 Å². The lowest BCUT2D eigenvalue weighted by Crippen LogP contribution is -2.51. The Morgan fingerprint density at radius 1 is 1.27 bits per heavy atom. The Labute approximate surface area is 153 Å². The lowest BCUT2D eigenvalue weighted by Gasteiger charge is -2.36. The fourth-order valence-corrected chi connectivity index (χ4v) is 3.47. The Hall–Kier alpha value is -2.19. The van der Waals surface area contributed by atoms with Crippen LogP contribution < -0.4 is 10.2 Å². The van der Waals surface area contributed by atoms with Crippen molar-refractivity contribution in [2.75, 3.05) is 43.1 Å².